The van der Waals surface area contributed by atoms with Gasteiger partial charge in [-0.1, -0.05) is 63.1 Å². The lowest BCUT2D eigenvalue weighted by atomic mass is 9.96. The molecule has 2 aromatic heterocycles. The minimum Gasteiger partial charge on any atom is -0.463 e. The second-order valence-electron chi connectivity index (χ2n) is 8.06. The van der Waals surface area contributed by atoms with Gasteiger partial charge in [0.25, 0.3) is 5.56 Å². The molecule has 0 bridgehead atoms. The van der Waals surface area contributed by atoms with Crippen molar-refractivity contribution in [1.82, 2.24) is 4.57 Å². The van der Waals surface area contributed by atoms with Crippen LogP contribution in [-0.2, 0) is 9.53 Å². The van der Waals surface area contributed by atoms with Gasteiger partial charge in [0.05, 0.1) is 28.5 Å². The number of fused-ring (bicyclic) bond motifs is 1. The standard InChI is InChI=1S/C27H20BrClN2O4S/c1-3-34-26(33)23-15(2)30-27-31(24(23)17-6-10-19(29)11-7-17)25(32)22(36-27)14-20-12-13-21(35-20)16-4-8-18(28)9-5-16/h4-14,24H,3H2,1-2H3. The summed E-state index contributed by atoms with van der Waals surface area (Å²) in [5, 5.41) is 0.559. The lowest BCUT2D eigenvalue weighted by Crippen LogP contribution is -2.39. The summed E-state index contributed by atoms with van der Waals surface area (Å²) in [5.74, 6) is 0.738. The van der Waals surface area contributed by atoms with E-state index >= 15 is 0 Å². The zero-order valence-corrected chi connectivity index (χ0v) is 22.5. The molecule has 5 rings (SSSR count). The SMILES string of the molecule is CCOC(=O)C1=C(C)N=c2sc(=Cc3ccc(-c4ccc(Br)cc4)o3)c(=O)n2C1c1ccc(Cl)cc1. The fourth-order valence-corrected chi connectivity index (χ4v) is 5.50. The molecule has 1 aliphatic rings. The summed E-state index contributed by atoms with van der Waals surface area (Å²) >= 11 is 10.8. The fraction of sp³-hybridized carbons (Fsp3) is 0.148. The quantitative estimate of drug-likeness (QED) is 0.292. The third kappa shape index (κ3) is 4.64. The van der Waals surface area contributed by atoms with E-state index in [1.54, 1.807) is 44.2 Å². The van der Waals surface area contributed by atoms with Crippen LogP contribution in [0.2, 0.25) is 5.02 Å². The molecule has 1 aliphatic heterocycles. The third-order valence-corrected chi connectivity index (χ3v) is 7.50. The highest BCUT2D eigenvalue weighted by atomic mass is 79.9. The Kier molecular flexibility index (Phi) is 6.83. The number of rotatable bonds is 5. The molecule has 182 valence electrons. The van der Waals surface area contributed by atoms with E-state index in [0.29, 0.717) is 37.1 Å². The van der Waals surface area contributed by atoms with Crippen LogP contribution in [0.1, 0.15) is 31.2 Å². The summed E-state index contributed by atoms with van der Waals surface area (Å²) in [6.45, 7) is 3.71. The van der Waals surface area contributed by atoms with Gasteiger partial charge in [0.2, 0.25) is 0 Å². The van der Waals surface area contributed by atoms with E-state index in [1.165, 1.54) is 15.9 Å². The number of allylic oxidation sites excluding steroid dienone is 1. The van der Waals surface area contributed by atoms with Crippen molar-refractivity contribution in [1.29, 1.82) is 0 Å². The molecule has 0 aliphatic carbocycles. The predicted molar refractivity (Wildman–Crippen MR) is 144 cm³/mol. The maximum atomic E-state index is 13.7. The molecule has 6 nitrogen and oxygen atoms in total. The highest BCUT2D eigenvalue weighted by Gasteiger charge is 2.33. The lowest BCUT2D eigenvalue weighted by molar-refractivity contribution is -0.139. The molecule has 0 saturated carbocycles. The molecule has 0 spiro atoms. The topological polar surface area (TPSA) is 73.8 Å². The molecule has 4 aromatic rings. The van der Waals surface area contributed by atoms with Gasteiger partial charge in [0.15, 0.2) is 4.80 Å². The predicted octanol–water partition coefficient (Wildman–Crippen LogP) is 5.47. The molecule has 0 N–H and O–H groups in total. The first-order chi connectivity index (χ1) is 17.4. The van der Waals surface area contributed by atoms with Crippen molar-refractivity contribution in [3.63, 3.8) is 0 Å². The Labute approximate surface area is 224 Å². The Morgan fingerprint density at radius 1 is 1.17 bits per heavy atom. The van der Waals surface area contributed by atoms with Crippen molar-refractivity contribution in [2.24, 2.45) is 4.99 Å². The Hall–Kier alpha value is -3.20. The van der Waals surface area contributed by atoms with Gasteiger partial charge < -0.3 is 9.15 Å². The number of aromatic nitrogens is 1. The number of carbonyl (C=O) groups excluding carboxylic acids is 1. The van der Waals surface area contributed by atoms with Gasteiger partial charge in [-0.05, 0) is 55.8 Å². The van der Waals surface area contributed by atoms with Crippen LogP contribution in [0.15, 0.2) is 90.6 Å². The summed E-state index contributed by atoms with van der Waals surface area (Å²) in [6, 6.07) is 17.9. The number of ether oxygens (including phenoxy) is 1. The number of hydrogen-bond donors (Lipinski definition) is 0. The van der Waals surface area contributed by atoms with E-state index in [1.807, 2.05) is 36.4 Å². The minimum atomic E-state index is -0.686. The number of thiazole rings is 1. The van der Waals surface area contributed by atoms with Crippen molar-refractivity contribution in [2.45, 2.75) is 19.9 Å². The van der Waals surface area contributed by atoms with Crippen LogP contribution >= 0.6 is 38.9 Å². The average Bonchev–Trinajstić information content (AvgIpc) is 3.44. The minimum absolute atomic E-state index is 0.215. The zero-order valence-electron chi connectivity index (χ0n) is 19.3. The van der Waals surface area contributed by atoms with Crippen LogP contribution in [0.25, 0.3) is 17.4 Å². The van der Waals surface area contributed by atoms with Crippen molar-refractivity contribution in [2.75, 3.05) is 6.61 Å². The first-order valence-electron chi connectivity index (χ1n) is 11.2. The molecule has 3 heterocycles. The monoisotopic (exact) mass is 582 g/mol. The van der Waals surface area contributed by atoms with Crippen molar-refractivity contribution in [3.05, 3.63) is 112 Å². The Morgan fingerprint density at radius 2 is 1.89 bits per heavy atom. The summed E-state index contributed by atoms with van der Waals surface area (Å²) < 4.78 is 14.3. The number of halogens is 2. The molecule has 0 radical (unpaired) electrons. The van der Waals surface area contributed by atoms with Crippen LogP contribution < -0.4 is 14.9 Å². The van der Waals surface area contributed by atoms with Crippen LogP contribution in [0.3, 0.4) is 0 Å². The Bertz CT molecular complexity index is 1660. The number of nitrogens with zero attached hydrogens (tertiary/aromatic N) is 2. The first-order valence-corrected chi connectivity index (χ1v) is 13.2. The normalized spacial score (nSPS) is 15.6. The van der Waals surface area contributed by atoms with E-state index in [4.69, 9.17) is 20.8 Å². The lowest BCUT2D eigenvalue weighted by Gasteiger charge is -2.24. The Balaban J connectivity index is 1.63. The smallest absolute Gasteiger partial charge is 0.338 e. The molecular weight excluding hydrogens is 564 g/mol. The Morgan fingerprint density at radius 3 is 2.58 bits per heavy atom. The molecule has 0 amide bonds. The average molecular weight is 584 g/mol. The van der Waals surface area contributed by atoms with Gasteiger partial charge in [0, 0.05) is 21.1 Å². The van der Waals surface area contributed by atoms with Gasteiger partial charge in [-0.25, -0.2) is 9.79 Å². The largest absolute Gasteiger partial charge is 0.463 e. The van der Waals surface area contributed by atoms with Gasteiger partial charge >= 0.3 is 5.97 Å². The molecule has 0 fully saturated rings. The van der Waals surface area contributed by atoms with Crippen LogP contribution in [0, 0.1) is 0 Å². The van der Waals surface area contributed by atoms with Crippen molar-refractivity contribution in [3.8, 4) is 11.3 Å². The molecular formula is C27H20BrClN2O4S. The molecule has 0 saturated heterocycles. The maximum Gasteiger partial charge on any atom is 0.338 e. The van der Waals surface area contributed by atoms with Gasteiger partial charge in [-0.3, -0.25) is 9.36 Å². The van der Waals surface area contributed by atoms with E-state index in [0.717, 1.165) is 15.6 Å². The number of carbonyl (C=O) groups is 1. The van der Waals surface area contributed by atoms with Crippen molar-refractivity contribution < 1.29 is 13.9 Å². The molecule has 9 heteroatoms. The number of hydrogen-bond acceptors (Lipinski definition) is 6. The van der Waals surface area contributed by atoms with E-state index in [2.05, 4.69) is 20.9 Å². The third-order valence-electron chi connectivity index (χ3n) is 5.73. The number of furan rings is 1. The highest BCUT2D eigenvalue weighted by Crippen LogP contribution is 2.31. The molecule has 36 heavy (non-hydrogen) atoms. The van der Waals surface area contributed by atoms with Crippen molar-refractivity contribution >= 4 is 50.9 Å². The van der Waals surface area contributed by atoms with Crippen LogP contribution in [-0.4, -0.2) is 17.1 Å². The summed E-state index contributed by atoms with van der Waals surface area (Å²) in [7, 11) is 0. The zero-order chi connectivity index (χ0) is 25.4. The van der Waals surface area contributed by atoms with E-state index in [-0.39, 0.29) is 12.2 Å². The summed E-state index contributed by atoms with van der Waals surface area (Å²) in [4.78, 5) is 31.7. The molecule has 2 aromatic carbocycles. The van der Waals surface area contributed by atoms with E-state index < -0.39 is 12.0 Å². The van der Waals surface area contributed by atoms with Crippen LogP contribution in [0.5, 0.6) is 0 Å². The number of benzene rings is 2. The maximum absolute atomic E-state index is 13.7. The second kappa shape index (κ2) is 10.0. The fourth-order valence-electron chi connectivity index (χ4n) is 4.08. The number of esters is 1. The van der Waals surface area contributed by atoms with Gasteiger partial charge in [0.1, 0.15) is 11.5 Å². The van der Waals surface area contributed by atoms with Gasteiger partial charge in [-0.2, -0.15) is 0 Å². The van der Waals surface area contributed by atoms with E-state index in [9.17, 15) is 9.59 Å². The van der Waals surface area contributed by atoms with Crippen LogP contribution in [0.4, 0.5) is 0 Å². The first kappa shape index (κ1) is 24.5. The van der Waals surface area contributed by atoms with Gasteiger partial charge in [-0.15, -0.1) is 0 Å². The molecule has 1 atom stereocenters. The molecule has 1 unspecified atom stereocenters. The second-order valence-corrected chi connectivity index (χ2v) is 10.4. The highest BCUT2D eigenvalue weighted by molar-refractivity contribution is 9.10. The summed E-state index contributed by atoms with van der Waals surface area (Å²) in [5.41, 5.74) is 2.23. The summed E-state index contributed by atoms with van der Waals surface area (Å²) in [6.07, 6.45) is 1.70.